The standard InChI is InChI=1S/C5H5N.C4H9.ClH.Zn/c1-2-4-6-5-3-1;1-3-4-2;;/h1-5H;1,3-4H2,2H3;1H;/q;;;+2/p-1. The topological polar surface area (TPSA) is 3.88 Å². The van der Waals surface area contributed by atoms with Crippen molar-refractivity contribution in [2.24, 2.45) is 0 Å². The maximum atomic E-state index is 6.36. The second-order valence-corrected chi connectivity index (χ2v) is 11.6. The third-order valence-electron chi connectivity index (χ3n) is 2.07. The molecule has 0 radical (unpaired) electrons. The number of halogens is 1. The van der Waals surface area contributed by atoms with Gasteiger partial charge >= 0.3 is 83.6 Å². The molecule has 1 nitrogen and oxygen atoms in total. The molecule has 0 spiro atoms. The molecule has 0 amide bonds. The van der Waals surface area contributed by atoms with E-state index in [9.17, 15) is 0 Å². The molecule has 0 aromatic carbocycles. The van der Waals surface area contributed by atoms with E-state index in [1.807, 2.05) is 6.07 Å². The van der Waals surface area contributed by atoms with Gasteiger partial charge in [-0.1, -0.05) is 0 Å². The third kappa shape index (κ3) is 3.20. The molecule has 12 heavy (non-hydrogen) atoms. The predicted octanol–water partition coefficient (Wildman–Crippen LogP) is 2.73. The molecule has 0 fully saturated rings. The van der Waals surface area contributed by atoms with Crippen LogP contribution in [0.2, 0.25) is 5.02 Å². The molecule has 0 saturated heterocycles. The van der Waals surface area contributed by atoms with Crippen molar-refractivity contribution in [3.63, 3.8) is 0 Å². The van der Waals surface area contributed by atoms with Crippen LogP contribution in [0.3, 0.4) is 0 Å². The number of hydrogen-bond acceptors (Lipinski definition) is 0. The van der Waals surface area contributed by atoms with Crippen LogP contribution in [0.5, 0.6) is 0 Å². The van der Waals surface area contributed by atoms with Gasteiger partial charge in [0.1, 0.15) is 0 Å². The molecular formula is C9H14ClNZn+. The van der Waals surface area contributed by atoms with Crippen molar-refractivity contribution in [3.8, 4) is 0 Å². The Morgan fingerprint density at radius 2 is 1.92 bits per heavy atom. The van der Waals surface area contributed by atoms with Gasteiger partial charge in [0, 0.05) is 0 Å². The summed E-state index contributed by atoms with van der Waals surface area (Å²) in [5, 5.41) is 1.26. The predicted molar refractivity (Wildman–Crippen MR) is 47.6 cm³/mol. The molecule has 63 valence electrons. The Morgan fingerprint density at radius 3 is 2.50 bits per heavy atom. The van der Waals surface area contributed by atoms with Crippen LogP contribution in [0.15, 0.2) is 30.6 Å². The molecule has 1 heterocycles. The number of hydrogen-bond donors (Lipinski definition) is 0. The molecule has 1 aromatic heterocycles. The summed E-state index contributed by atoms with van der Waals surface area (Å²) in [6.07, 6.45) is 6.74. The fraction of sp³-hybridized carbons (Fsp3) is 0.444. The average Bonchev–Trinajstić information content (AvgIpc) is 2.15. The first-order valence-corrected chi connectivity index (χ1v) is 12.0. The molecule has 1 rings (SSSR count). The van der Waals surface area contributed by atoms with Crippen molar-refractivity contribution in [2.45, 2.75) is 24.8 Å². The normalized spacial score (nSPS) is 9.83. The van der Waals surface area contributed by atoms with Gasteiger partial charge in [0.25, 0.3) is 0 Å². The van der Waals surface area contributed by atoms with Crippen molar-refractivity contribution in [3.05, 3.63) is 30.6 Å². The summed E-state index contributed by atoms with van der Waals surface area (Å²) >= 11 is -1.84. The molecule has 0 aliphatic rings. The zero-order chi connectivity index (χ0) is 8.81. The first-order chi connectivity index (χ1) is 5.84. The van der Waals surface area contributed by atoms with Gasteiger partial charge in [-0.05, 0) is 0 Å². The molecule has 0 aliphatic heterocycles. The van der Waals surface area contributed by atoms with Crippen molar-refractivity contribution >= 4 is 9.69 Å². The van der Waals surface area contributed by atoms with Crippen LogP contribution in [0.4, 0.5) is 0 Å². The van der Waals surface area contributed by atoms with Gasteiger partial charge < -0.3 is 0 Å². The summed E-state index contributed by atoms with van der Waals surface area (Å²) in [4.78, 5) is 0. The first kappa shape index (κ1) is 10.1. The van der Waals surface area contributed by atoms with Crippen LogP contribution in [0.1, 0.15) is 19.8 Å². The minimum atomic E-state index is -1.84. The van der Waals surface area contributed by atoms with Crippen LogP contribution in [-0.2, 0) is 15.2 Å². The van der Waals surface area contributed by atoms with Gasteiger partial charge in [-0.2, -0.15) is 0 Å². The molecule has 0 atom stereocenters. The first-order valence-electron chi connectivity index (χ1n) is 4.64. The monoisotopic (exact) mass is 235 g/mol. The van der Waals surface area contributed by atoms with Crippen LogP contribution < -0.4 is 3.31 Å². The van der Waals surface area contributed by atoms with E-state index in [1.54, 1.807) is 0 Å². The Labute approximate surface area is 83.6 Å². The molecule has 0 saturated carbocycles. The van der Waals surface area contributed by atoms with E-state index >= 15 is 0 Å². The minimum absolute atomic E-state index is 1.26. The Morgan fingerprint density at radius 1 is 1.25 bits per heavy atom. The van der Waals surface area contributed by atoms with E-state index in [2.05, 4.69) is 34.8 Å². The van der Waals surface area contributed by atoms with Crippen LogP contribution in [-0.4, -0.2) is 0 Å². The van der Waals surface area contributed by atoms with Gasteiger partial charge in [0.2, 0.25) is 0 Å². The average molecular weight is 237 g/mol. The summed E-state index contributed by atoms with van der Waals surface area (Å²) < 4.78 is 2.25. The van der Waals surface area contributed by atoms with Crippen molar-refractivity contribution in [1.82, 2.24) is 0 Å². The number of aromatic nitrogens is 1. The quantitative estimate of drug-likeness (QED) is 0.709. The van der Waals surface area contributed by atoms with E-state index < -0.39 is 15.2 Å². The molecule has 3 heteroatoms. The number of unbranched alkanes of at least 4 members (excludes halogenated alkanes) is 1. The zero-order valence-electron chi connectivity index (χ0n) is 7.54. The van der Waals surface area contributed by atoms with E-state index in [1.165, 1.54) is 17.9 Å². The second kappa shape index (κ2) is 5.66. The van der Waals surface area contributed by atoms with Crippen molar-refractivity contribution in [1.29, 1.82) is 0 Å². The Balaban J connectivity index is 2.48. The fourth-order valence-corrected chi connectivity index (χ4v) is 7.26. The van der Waals surface area contributed by atoms with Gasteiger partial charge in [-0.15, -0.1) is 0 Å². The van der Waals surface area contributed by atoms with Gasteiger partial charge in [-0.3, -0.25) is 0 Å². The molecule has 0 N–H and O–H groups in total. The van der Waals surface area contributed by atoms with E-state index in [0.717, 1.165) is 0 Å². The van der Waals surface area contributed by atoms with Crippen LogP contribution >= 0.6 is 9.69 Å². The SMILES string of the molecule is CCC[CH2][Zn]([Cl])[n+]1ccccc1. The third-order valence-corrected chi connectivity index (χ3v) is 9.71. The van der Waals surface area contributed by atoms with Crippen LogP contribution in [0, 0.1) is 0 Å². The van der Waals surface area contributed by atoms with Crippen LogP contribution in [0.25, 0.3) is 0 Å². The molecule has 0 bridgehead atoms. The molecule has 1 aromatic rings. The molecule has 0 aliphatic carbocycles. The second-order valence-electron chi connectivity index (χ2n) is 3.13. The summed E-state index contributed by atoms with van der Waals surface area (Å²) in [6, 6.07) is 6.14. The molecule has 0 unspecified atom stereocenters. The van der Waals surface area contributed by atoms with Gasteiger partial charge in [0.15, 0.2) is 0 Å². The summed E-state index contributed by atoms with van der Waals surface area (Å²) in [7, 11) is 6.36. The van der Waals surface area contributed by atoms with E-state index in [0.29, 0.717) is 0 Å². The van der Waals surface area contributed by atoms with Gasteiger partial charge in [-0.25, -0.2) is 0 Å². The summed E-state index contributed by atoms with van der Waals surface area (Å²) in [5.41, 5.74) is 0. The maximum absolute atomic E-state index is 6.36. The Bertz CT molecular complexity index is 215. The Hall–Kier alpha value is 0.0634. The summed E-state index contributed by atoms with van der Waals surface area (Å²) in [6.45, 7) is 2.21. The zero-order valence-corrected chi connectivity index (χ0v) is 11.3. The number of pyridine rings is 1. The van der Waals surface area contributed by atoms with Crippen molar-refractivity contribution in [2.75, 3.05) is 0 Å². The molecular weight excluding hydrogens is 223 g/mol. The number of rotatable bonds is 4. The van der Waals surface area contributed by atoms with E-state index in [-0.39, 0.29) is 0 Å². The number of nitrogens with zero attached hydrogens (tertiary/aromatic N) is 1. The van der Waals surface area contributed by atoms with E-state index in [4.69, 9.17) is 9.69 Å². The van der Waals surface area contributed by atoms with Crippen molar-refractivity contribution < 1.29 is 18.5 Å². The fourth-order valence-electron chi connectivity index (χ4n) is 1.30. The van der Waals surface area contributed by atoms with Gasteiger partial charge in [0.05, 0.1) is 0 Å². The summed E-state index contributed by atoms with van der Waals surface area (Å²) in [5.74, 6) is 0. The Kier molecular flexibility index (Phi) is 4.79.